The van der Waals surface area contributed by atoms with E-state index in [0.717, 1.165) is 12.8 Å². The maximum Gasteiger partial charge on any atom is 0.237 e. The number of methoxy groups -OCH3 is 1. The second kappa shape index (κ2) is 4.74. The lowest BCUT2D eigenvalue weighted by molar-refractivity contribution is -0.119. The summed E-state index contributed by atoms with van der Waals surface area (Å²) in [5, 5.41) is 3.86. The highest BCUT2D eigenvalue weighted by molar-refractivity contribution is 5.86. The molecule has 1 aliphatic carbocycles. The van der Waals surface area contributed by atoms with Gasteiger partial charge in [0, 0.05) is 20.0 Å². The van der Waals surface area contributed by atoms with Gasteiger partial charge in [0.15, 0.2) is 5.82 Å². The molecule has 1 aromatic heterocycles. The van der Waals surface area contributed by atoms with Crippen LogP contribution in [0.15, 0.2) is 4.52 Å². The van der Waals surface area contributed by atoms with Crippen molar-refractivity contribution in [2.75, 3.05) is 7.11 Å². The summed E-state index contributed by atoms with van der Waals surface area (Å²) in [6, 6.07) is 0. The minimum atomic E-state index is -0.167. The maximum atomic E-state index is 11.5. The number of nitrogens with zero attached hydrogens (tertiary/aromatic N) is 2. The number of carbonyl (C=O) groups excluding carboxylic acids is 1. The highest BCUT2D eigenvalue weighted by Gasteiger charge is 2.30. The molecule has 0 aromatic carbocycles. The van der Waals surface area contributed by atoms with E-state index in [4.69, 9.17) is 9.26 Å². The lowest BCUT2D eigenvalue weighted by Gasteiger charge is -2.04. The Balaban J connectivity index is 2.04. The van der Waals surface area contributed by atoms with Crippen LogP contribution in [0.4, 0.5) is 0 Å². The van der Waals surface area contributed by atoms with E-state index in [9.17, 15) is 4.79 Å². The Hall–Kier alpha value is -1.23. The van der Waals surface area contributed by atoms with Crippen LogP contribution in [0.25, 0.3) is 0 Å². The molecule has 5 heteroatoms. The average Bonchev–Trinajstić information content (AvgIpc) is 2.86. The second-order valence-corrected chi connectivity index (χ2v) is 4.21. The summed E-state index contributed by atoms with van der Waals surface area (Å²) in [5.74, 6) is 1.14. The van der Waals surface area contributed by atoms with Crippen LogP contribution in [0.3, 0.4) is 0 Å². The van der Waals surface area contributed by atoms with E-state index in [-0.39, 0.29) is 17.8 Å². The molecule has 0 spiro atoms. The van der Waals surface area contributed by atoms with Crippen LogP contribution in [-0.2, 0) is 16.0 Å². The van der Waals surface area contributed by atoms with Crippen LogP contribution in [0, 0.1) is 0 Å². The third kappa shape index (κ3) is 2.29. The van der Waals surface area contributed by atoms with Gasteiger partial charge in [-0.3, -0.25) is 4.79 Å². The molecule has 1 aliphatic rings. The van der Waals surface area contributed by atoms with Gasteiger partial charge in [-0.1, -0.05) is 5.16 Å². The first-order valence-corrected chi connectivity index (χ1v) is 5.58. The zero-order chi connectivity index (χ0) is 11.5. The largest absolute Gasteiger partial charge is 0.381 e. The predicted molar refractivity (Wildman–Crippen MR) is 56.1 cm³/mol. The van der Waals surface area contributed by atoms with Crippen LogP contribution in [-0.4, -0.2) is 29.1 Å². The molecule has 0 aliphatic heterocycles. The first-order chi connectivity index (χ1) is 7.70. The van der Waals surface area contributed by atoms with Gasteiger partial charge in [0.1, 0.15) is 5.78 Å². The first-order valence-electron chi connectivity index (χ1n) is 5.58. The average molecular weight is 224 g/mol. The van der Waals surface area contributed by atoms with Gasteiger partial charge >= 0.3 is 0 Å². The fourth-order valence-electron chi connectivity index (χ4n) is 1.91. The van der Waals surface area contributed by atoms with Gasteiger partial charge in [0.25, 0.3) is 0 Å². The van der Waals surface area contributed by atoms with E-state index >= 15 is 0 Å². The zero-order valence-corrected chi connectivity index (χ0v) is 9.60. The molecule has 16 heavy (non-hydrogen) atoms. The Kier molecular flexibility index (Phi) is 3.33. The Labute approximate surface area is 94.2 Å². The van der Waals surface area contributed by atoms with Gasteiger partial charge in [-0.25, -0.2) is 0 Å². The molecule has 5 nitrogen and oxygen atoms in total. The van der Waals surface area contributed by atoms with Gasteiger partial charge in [-0.2, -0.15) is 4.98 Å². The molecular weight excluding hydrogens is 208 g/mol. The fourth-order valence-corrected chi connectivity index (χ4v) is 1.91. The van der Waals surface area contributed by atoms with Gasteiger partial charge in [0.05, 0.1) is 12.0 Å². The molecule has 1 aromatic rings. The Morgan fingerprint density at radius 2 is 2.44 bits per heavy atom. The molecule has 0 N–H and O–H groups in total. The monoisotopic (exact) mass is 224 g/mol. The van der Waals surface area contributed by atoms with Crippen molar-refractivity contribution in [2.24, 2.45) is 0 Å². The van der Waals surface area contributed by atoms with Crippen LogP contribution in [0.2, 0.25) is 0 Å². The first kappa shape index (κ1) is 11.3. The Morgan fingerprint density at radius 1 is 1.62 bits per heavy atom. The predicted octanol–water partition coefficient (Wildman–Crippen LogP) is 1.48. The number of ketones is 1. The lowest BCUT2D eigenvalue weighted by Crippen LogP contribution is -2.10. The standard InChI is InChI=1S/C11H16N2O3/c1-7(15-2)6-10-12-11(16-13-10)8-4-3-5-9(8)14/h7-8H,3-6H2,1-2H3. The summed E-state index contributed by atoms with van der Waals surface area (Å²) < 4.78 is 10.2. The number of carbonyl (C=O) groups is 1. The van der Waals surface area contributed by atoms with E-state index in [2.05, 4.69) is 10.1 Å². The summed E-state index contributed by atoms with van der Waals surface area (Å²) in [6.07, 6.45) is 3.07. The number of Topliss-reactive ketones (excluding diaryl/α,β-unsaturated/α-hetero) is 1. The highest BCUT2D eigenvalue weighted by Crippen LogP contribution is 2.29. The fraction of sp³-hybridized carbons (Fsp3) is 0.727. The van der Waals surface area contributed by atoms with Crippen molar-refractivity contribution in [3.8, 4) is 0 Å². The van der Waals surface area contributed by atoms with Crippen molar-refractivity contribution >= 4 is 5.78 Å². The highest BCUT2D eigenvalue weighted by atomic mass is 16.5. The summed E-state index contributed by atoms with van der Waals surface area (Å²) in [7, 11) is 1.64. The zero-order valence-electron chi connectivity index (χ0n) is 9.60. The van der Waals surface area contributed by atoms with E-state index < -0.39 is 0 Å². The molecule has 0 radical (unpaired) electrons. The van der Waals surface area contributed by atoms with Crippen molar-refractivity contribution in [3.05, 3.63) is 11.7 Å². The lowest BCUT2D eigenvalue weighted by atomic mass is 10.1. The van der Waals surface area contributed by atoms with Gasteiger partial charge in [0.2, 0.25) is 5.89 Å². The van der Waals surface area contributed by atoms with Crippen LogP contribution in [0.1, 0.15) is 43.8 Å². The SMILES string of the molecule is COC(C)Cc1noc(C2CCCC2=O)n1. The molecule has 0 saturated heterocycles. The maximum absolute atomic E-state index is 11.5. The van der Waals surface area contributed by atoms with Crippen molar-refractivity contribution in [1.29, 1.82) is 0 Å². The summed E-state index contributed by atoms with van der Waals surface area (Å²) >= 11 is 0. The Morgan fingerprint density at radius 3 is 3.06 bits per heavy atom. The van der Waals surface area contributed by atoms with Crippen LogP contribution >= 0.6 is 0 Å². The molecular formula is C11H16N2O3. The van der Waals surface area contributed by atoms with Crippen molar-refractivity contribution < 1.29 is 14.1 Å². The summed E-state index contributed by atoms with van der Waals surface area (Å²) in [5.41, 5.74) is 0. The van der Waals surface area contributed by atoms with Crippen molar-refractivity contribution in [3.63, 3.8) is 0 Å². The topological polar surface area (TPSA) is 65.2 Å². The minimum Gasteiger partial charge on any atom is -0.381 e. The third-order valence-electron chi connectivity index (χ3n) is 2.96. The Bertz CT molecular complexity index is 375. The molecule has 1 heterocycles. The number of rotatable bonds is 4. The molecule has 2 atom stereocenters. The number of hydrogen-bond donors (Lipinski definition) is 0. The van der Waals surface area contributed by atoms with E-state index in [1.165, 1.54) is 0 Å². The van der Waals surface area contributed by atoms with Gasteiger partial charge in [-0.15, -0.1) is 0 Å². The summed E-state index contributed by atoms with van der Waals surface area (Å²) in [4.78, 5) is 15.8. The molecule has 88 valence electrons. The van der Waals surface area contributed by atoms with Crippen molar-refractivity contribution in [2.45, 2.75) is 44.6 Å². The number of ether oxygens (including phenoxy) is 1. The normalized spacial score (nSPS) is 22.6. The number of hydrogen-bond acceptors (Lipinski definition) is 5. The molecule has 2 rings (SSSR count). The third-order valence-corrected chi connectivity index (χ3v) is 2.96. The molecule has 1 fully saturated rings. The van der Waals surface area contributed by atoms with Gasteiger partial charge in [-0.05, 0) is 19.8 Å². The summed E-state index contributed by atoms with van der Waals surface area (Å²) in [6.45, 7) is 1.94. The number of aromatic nitrogens is 2. The second-order valence-electron chi connectivity index (χ2n) is 4.21. The van der Waals surface area contributed by atoms with Crippen LogP contribution in [0.5, 0.6) is 0 Å². The van der Waals surface area contributed by atoms with E-state index in [1.807, 2.05) is 6.92 Å². The van der Waals surface area contributed by atoms with Crippen molar-refractivity contribution in [1.82, 2.24) is 10.1 Å². The van der Waals surface area contributed by atoms with Crippen LogP contribution < -0.4 is 0 Å². The molecule has 0 amide bonds. The van der Waals surface area contributed by atoms with Gasteiger partial charge < -0.3 is 9.26 Å². The minimum absolute atomic E-state index is 0.0599. The van der Waals surface area contributed by atoms with E-state index in [0.29, 0.717) is 24.6 Å². The molecule has 2 unspecified atom stereocenters. The molecule has 1 saturated carbocycles. The quantitative estimate of drug-likeness (QED) is 0.775. The smallest absolute Gasteiger partial charge is 0.237 e. The van der Waals surface area contributed by atoms with E-state index in [1.54, 1.807) is 7.11 Å². The molecule has 0 bridgehead atoms.